The van der Waals surface area contributed by atoms with Gasteiger partial charge in [0.15, 0.2) is 0 Å². The van der Waals surface area contributed by atoms with E-state index in [2.05, 4.69) is 5.32 Å². The van der Waals surface area contributed by atoms with Gasteiger partial charge in [-0.3, -0.25) is 4.79 Å². The Hall–Kier alpha value is -1.66. The van der Waals surface area contributed by atoms with E-state index in [0.29, 0.717) is 25.1 Å². The van der Waals surface area contributed by atoms with Crippen LogP contribution in [0.2, 0.25) is 0 Å². The number of carbonyl (C=O) groups is 1. The Bertz CT molecular complexity index is 412. The Labute approximate surface area is 106 Å². The highest BCUT2D eigenvalue weighted by atomic mass is 19.1. The zero-order chi connectivity index (χ0) is 13.5. The first kappa shape index (κ1) is 14.4. The second kappa shape index (κ2) is 6.93. The molecule has 0 saturated heterocycles. The van der Waals surface area contributed by atoms with E-state index in [-0.39, 0.29) is 11.6 Å². The molecule has 6 heteroatoms. The van der Waals surface area contributed by atoms with Crippen molar-refractivity contribution in [2.75, 3.05) is 31.8 Å². The van der Waals surface area contributed by atoms with Gasteiger partial charge in [0, 0.05) is 20.0 Å². The number of hydroxylamine groups is 2. The van der Waals surface area contributed by atoms with Crippen molar-refractivity contribution in [3.63, 3.8) is 0 Å². The van der Waals surface area contributed by atoms with Crippen molar-refractivity contribution in [3.8, 4) is 0 Å². The first-order valence-corrected chi connectivity index (χ1v) is 5.63. The van der Waals surface area contributed by atoms with E-state index in [1.165, 1.54) is 18.2 Å². The standard InChI is InChI=1S/C12H18FN3O2/c1-16(18-2)7-3-4-12(17)15-11-6-5-9(13)8-10(11)14/h5-6,8H,3-4,7,14H2,1-2H3,(H,15,17). The molecule has 0 aromatic heterocycles. The number of hydrogen-bond donors (Lipinski definition) is 2. The van der Waals surface area contributed by atoms with Crippen molar-refractivity contribution in [1.82, 2.24) is 5.06 Å². The number of nitrogens with zero attached hydrogens (tertiary/aromatic N) is 1. The summed E-state index contributed by atoms with van der Waals surface area (Å²) in [6.07, 6.45) is 1.02. The van der Waals surface area contributed by atoms with Crippen molar-refractivity contribution < 1.29 is 14.0 Å². The van der Waals surface area contributed by atoms with Crippen LogP contribution in [0.1, 0.15) is 12.8 Å². The maximum atomic E-state index is 12.8. The molecule has 0 bridgehead atoms. The van der Waals surface area contributed by atoms with Gasteiger partial charge >= 0.3 is 0 Å². The summed E-state index contributed by atoms with van der Waals surface area (Å²) in [5, 5.41) is 4.28. The zero-order valence-electron chi connectivity index (χ0n) is 10.6. The van der Waals surface area contributed by atoms with Crippen LogP contribution in [0, 0.1) is 5.82 Å². The lowest BCUT2D eigenvalue weighted by Crippen LogP contribution is -2.20. The fourth-order valence-corrected chi connectivity index (χ4v) is 1.41. The summed E-state index contributed by atoms with van der Waals surface area (Å²) in [6.45, 7) is 0.656. The Balaban J connectivity index is 2.40. The van der Waals surface area contributed by atoms with E-state index in [9.17, 15) is 9.18 Å². The average Bonchev–Trinajstić information content (AvgIpc) is 2.32. The topological polar surface area (TPSA) is 67.6 Å². The number of nitrogen functional groups attached to an aromatic ring is 1. The molecule has 1 aromatic rings. The van der Waals surface area contributed by atoms with Gasteiger partial charge in [0.2, 0.25) is 5.91 Å². The fourth-order valence-electron chi connectivity index (χ4n) is 1.41. The number of amides is 1. The molecule has 0 aliphatic rings. The van der Waals surface area contributed by atoms with Gasteiger partial charge in [-0.25, -0.2) is 4.39 Å². The quantitative estimate of drug-likeness (QED) is 0.598. The number of nitrogens with two attached hydrogens (primary N) is 1. The largest absolute Gasteiger partial charge is 0.397 e. The molecule has 0 aliphatic carbocycles. The number of carbonyl (C=O) groups excluding carboxylic acids is 1. The van der Waals surface area contributed by atoms with Crippen LogP contribution in [0.3, 0.4) is 0 Å². The van der Waals surface area contributed by atoms with E-state index in [1.807, 2.05) is 0 Å². The second-order valence-electron chi connectivity index (χ2n) is 3.92. The number of rotatable bonds is 6. The molecule has 18 heavy (non-hydrogen) atoms. The Kier molecular flexibility index (Phi) is 5.54. The van der Waals surface area contributed by atoms with Crippen molar-refractivity contribution in [2.24, 2.45) is 0 Å². The van der Waals surface area contributed by atoms with Gasteiger partial charge in [-0.15, -0.1) is 0 Å². The molecule has 3 N–H and O–H groups in total. The number of benzene rings is 1. The summed E-state index contributed by atoms with van der Waals surface area (Å²) in [7, 11) is 3.36. The van der Waals surface area contributed by atoms with Crippen LogP contribution in [-0.4, -0.2) is 31.7 Å². The summed E-state index contributed by atoms with van der Waals surface area (Å²) in [5.74, 6) is -0.579. The van der Waals surface area contributed by atoms with Crippen LogP contribution in [0.4, 0.5) is 15.8 Å². The molecule has 1 amide bonds. The van der Waals surface area contributed by atoms with E-state index >= 15 is 0 Å². The molecule has 0 fully saturated rings. The third kappa shape index (κ3) is 4.68. The van der Waals surface area contributed by atoms with E-state index in [0.717, 1.165) is 0 Å². The molecule has 0 unspecified atom stereocenters. The maximum Gasteiger partial charge on any atom is 0.224 e. The molecule has 1 aromatic carbocycles. The lowest BCUT2D eigenvalue weighted by Gasteiger charge is -2.13. The highest BCUT2D eigenvalue weighted by Crippen LogP contribution is 2.19. The summed E-state index contributed by atoms with van der Waals surface area (Å²) < 4.78 is 12.8. The average molecular weight is 255 g/mol. The normalized spacial score (nSPS) is 10.7. The molecular weight excluding hydrogens is 237 g/mol. The van der Waals surface area contributed by atoms with Gasteiger partial charge < -0.3 is 15.9 Å². The Morgan fingerprint density at radius 1 is 1.56 bits per heavy atom. The van der Waals surface area contributed by atoms with Gasteiger partial charge in [0.1, 0.15) is 5.82 Å². The van der Waals surface area contributed by atoms with Gasteiger partial charge in [-0.1, -0.05) is 0 Å². The number of nitrogens with one attached hydrogen (secondary N) is 1. The summed E-state index contributed by atoms with van der Waals surface area (Å²) in [4.78, 5) is 16.5. The minimum Gasteiger partial charge on any atom is -0.397 e. The van der Waals surface area contributed by atoms with Crippen molar-refractivity contribution in [1.29, 1.82) is 0 Å². The van der Waals surface area contributed by atoms with Crippen LogP contribution >= 0.6 is 0 Å². The summed E-state index contributed by atoms with van der Waals surface area (Å²) in [5.41, 5.74) is 6.24. The van der Waals surface area contributed by atoms with Crippen LogP contribution in [0.25, 0.3) is 0 Å². The SMILES string of the molecule is CON(C)CCCC(=O)Nc1ccc(F)cc1N. The molecule has 5 nitrogen and oxygen atoms in total. The van der Waals surface area contributed by atoms with Crippen LogP contribution in [0.15, 0.2) is 18.2 Å². The van der Waals surface area contributed by atoms with Crippen molar-refractivity contribution in [2.45, 2.75) is 12.8 Å². The van der Waals surface area contributed by atoms with E-state index in [1.54, 1.807) is 19.2 Å². The van der Waals surface area contributed by atoms with E-state index in [4.69, 9.17) is 10.6 Å². The molecule has 0 spiro atoms. The fraction of sp³-hybridized carbons (Fsp3) is 0.417. The van der Waals surface area contributed by atoms with Gasteiger partial charge in [-0.2, -0.15) is 5.06 Å². The maximum absolute atomic E-state index is 12.8. The molecule has 0 atom stereocenters. The van der Waals surface area contributed by atoms with Gasteiger partial charge in [0.05, 0.1) is 18.5 Å². The molecule has 0 heterocycles. The molecule has 0 aliphatic heterocycles. The number of hydrogen-bond acceptors (Lipinski definition) is 4. The lowest BCUT2D eigenvalue weighted by molar-refractivity contribution is -0.119. The highest BCUT2D eigenvalue weighted by Gasteiger charge is 2.06. The summed E-state index contributed by atoms with van der Waals surface area (Å²) >= 11 is 0. The third-order valence-electron chi connectivity index (χ3n) is 2.48. The van der Waals surface area contributed by atoms with E-state index < -0.39 is 5.82 Å². The molecule has 1 rings (SSSR count). The predicted molar refractivity (Wildman–Crippen MR) is 68.3 cm³/mol. The molecular formula is C12H18FN3O2. The van der Waals surface area contributed by atoms with Gasteiger partial charge in [0.25, 0.3) is 0 Å². The van der Waals surface area contributed by atoms with Crippen LogP contribution in [0.5, 0.6) is 0 Å². The predicted octanol–water partition coefficient (Wildman–Crippen LogP) is 1.62. The first-order valence-electron chi connectivity index (χ1n) is 5.63. The molecule has 100 valence electrons. The summed E-state index contributed by atoms with van der Waals surface area (Å²) in [6, 6.07) is 3.88. The Morgan fingerprint density at radius 2 is 2.28 bits per heavy atom. The van der Waals surface area contributed by atoms with Crippen molar-refractivity contribution >= 4 is 17.3 Å². The van der Waals surface area contributed by atoms with Crippen LogP contribution < -0.4 is 11.1 Å². The lowest BCUT2D eigenvalue weighted by atomic mass is 10.2. The minimum atomic E-state index is -0.424. The number of anilines is 2. The number of halogens is 1. The smallest absolute Gasteiger partial charge is 0.224 e. The highest BCUT2D eigenvalue weighted by molar-refractivity contribution is 5.93. The monoisotopic (exact) mass is 255 g/mol. The molecule has 0 saturated carbocycles. The van der Waals surface area contributed by atoms with Crippen molar-refractivity contribution in [3.05, 3.63) is 24.0 Å². The van der Waals surface area contributed by atoms with Gasteiger partial charge in [-0.05, 0) is 24.6 Å². The Morgan fingerprint density at radius 3 is 2.89 bits per heavy atom. The third-order valence-corrected chi connectivity index (χ3v) is 2.48. The zero-order valence-corrected chi connectivity index (χ0v) is 10.6. The second-order valence-corrected chi connectivity index (χ2v) is 3.92. The molecule has 0 radical (unpaired) electrons. The van der Waals surface area contributed by atoms with Crippen LogP contribution in [-0.2, 0) is 9.63 Å². The minimum absolute atomic E-state index is 0.155. The first-order chi connectivity index (χ1) is 8.52.